The molecule has 1 aliphatic rings. The zero-order valence-electron chi connectivity index (χ0n) is 11.2. The molecule has 2 nitrogen and oxygen atoms in total. The summed E-state index contributed by atoms with van der Waals surface area (Å²) in [6.45, 7) is 5.08. The molecule has 0 spiro atoms. The maximum absolute atomic E-state index is 12.1. The molecule has 1 unspecified atom stereocenters. The molecular formula is C14H27NO. The second-order valence-corrected chi connectivity index (χ2v) is 5.35. The van der Waals surface area contributed by atoms with Gasteiger partial charge in [-0.25, -0.2) is 0 Å². The summed E-state index contributed by atoms with van der Waals surface area (Å²) in [5.41, 5.74) is 0. The standard InChI is InChI=1S/C14H27NO/c1-4-8-12(2)15(3)11-14(16)13-9-6-5-7-10-13/h12-13H,4-11H2,1-3H3. The van der Waals surface area contributed by atoms with Crippen molar-refractivity contribution in [2.24, 2.45) is 5.92 Å². The highest BCUT2D eigenvalue weighted by Gasteiger charge is 2.22. The molecule has 0 radical (unpaired) electrons. The van der Waals surface area contributed by atoms with E-state index in [0.717, 1.165) is 12.8 Å². The molecule has 1 atom stereocenters. The second-order valence-electron chi connectivity index (χ2n) is 5.35. The topological polar surface area (TPSA) is 20.3 Å². The first kappa shape index (κ1) is 13.7. The average Bonchev–Trinajstić information content (AvgIpc) is 2.30. The molecule has 0 bridgehead atoms. The van der Waals surface area contributed by atoms with Crippen LogP contribution in [0.2, 0.25) is 0 Å². The highest BCUT2D eigenvalue weighted by atomic mass is 16.1. The van der Waals surface area contributed by atoms with Crippen molar-refractivity contribution in [3.05, 3.63) is 0 Å². The summed E-state index contributed by atoms with van der Waals surface area (Å²) in [5.74, 6) is 0.843. The molecule has 1 aliphatic carbocycles. The number of ketones is 1. The third kappa shape index (κ3) is 4.25. The first-order valence-corrected chi connectivity index (χ1v) is 6.88. The van der Waals surface area contributed by atoms with Crippen molar-refractivity contribution < 1.29 is 4.79 Å². The number of hydrogen-bond donors (Lipinski definition) is 0. The van der Waals surface area contributed by atoms with Crippen molar-refractivity contribution in [2.45, 2.75) is 64.8 Å². The van der Waals surface area contributed by atoms with E-state index in [-0.39, 0.29) is 0 Å². The second kappa shape index (κ2) is 7.05. The lowest BCUT2D eigenvalue weighted by atomic mass is 9.86. The van der Waals surface area contributed by atoms with Crippen LogP contribution < -0.4 is 0 Å². The number of likely N-dealkylation sites (N-methyl/N-ethyl adjacent to an activating group) is 1. The molecule has 0 aliphatic heterocycles. The first-order valence-electron chi connectivity index (χ1n) is 6.88. The van der Waals surface area contributed by atoms with Gasteiger partial charge in [0.1, 0.15) is 5.78 Å². The molecule has 0 aromatic carbocycles. The fourth-order valence-electron chi connectivity index (χ4n) is 2.59. The Morgan fingerprint density at radius 2 is 1.94 bits per heavy atom. The average molecular weight is 225 g/mol. The SMILES string of the molecule is CCCC(C)N(C)CC(=O)C1CCCCC1. The van der Waals surface area contributed by atoms with Crippen LogP contribution in [-0.4, -0.2) is 30.3 Å². The van der Waals surface area contributed by atoms with Crippen molar-refractivity contribution in [3.63, 3.8) is 0 Å². The monoisotopic (exact) mass is 225 g/mol. The van der Waals surface area contributed by atoms with Crippen LogP contribution in [0, 0.1) is 5.92 Å². The van der Waals surface area contributed by atoms with E-state index in [1.54, 1.807) is 0 Å². The lowest BCUT2D eigenvalue weighted by Gasteiger charge is -2.27. The zero-order chi connectivity index (χ0) is 12.0. The molecule has 0 aromatic heterocycles. The highest BCUT2D eigenvalue weighted by molar-refractivity contribution is 5.83. The van der Waals surface area contributed by atoms with Crippen LogP contribution in [0.25, 0.3) is 0 Å². The van der Waals surface area contributed by atoms with Gasteiger partial charge in [-0.15, -0.1) is 0 Å². The molecule has 2 heteroatoms. The Labute approximate surface area is 100 Å². The number of carbonyl (C=O) groups excluding carboxylic acids is 1. The van der Waals surface area contributed by atoms with Gasteiger partial charge in [0.25, 0.3) is 0 Å². The summed E-state index contributed by atoms with van der Waals surface area (Å²) in [6, 6.07) is 0.539. The van der Waals surface area contributed by atoms with Crippen molar-refractivity contribution >= 4 is 5.78 Å². The molecule has 0 amide bonds. The van der Waals surface area contributed by atoms with E-state index in [9.17, 15) is 4.79 Å². The van der Waals surface area contributed by atoms with Gasteiger partial charge in [-0.05, 0) is 33.2 Å². The molecule has 0 N–H and O–H groups in total. The lowest BCUT2D eigenvalue weighted by molar-refractivity contribution is -0.125. The Morgan fingerprint density at radius 1 is 1.31 bits per heavy atom. The fraction of sp³-hybridized carbons (Fsp3) is 0.929. The smallest absolute Gasteiger partial charge is 0.149 e. The van der Waals surface area contributed by atoms with Crippen molar-refractivity contribution in [1.82, 2.24) is 4.90 Å². The van der Waals surface area contributed by atoms with Crippen LogP contribution in [0.3, 0.4) is 0 Å². The summed E-state index contributed by atoms with van der Waals surface area (Å²) in [6.07, 6.45) is 8.49. The van der Waals surface area contributed by atoms with Crippen LogP contribution >= 0.6 is 0 Å². The summed E-state index contributed by atoms with van der Waals surface area (Å²) in [7, 11) is 2.08. The molecular weight excluding hydrogens is 198 g/mol. The van der Waals surface area contributed by atoms with Gasteiger partial charge in [0, 0.05) is 12.0 Å². The van der Waals surface area contributed by atoms with Gasteiger partial charge >= 0.3 is 0 Å². The number of nitrogens with zero attached hydrogens (tertiary/aromatic N) is 1. The van der Waals surface area contributed by atoms with Crippen LogP contribution in [0.15, 0.2) is 0 Å². The summed E-state index contributed by atoms with van der Waals surface area (Å²) in [4.78, 5) is 14.3. The molecule has 16 heavy (non-hydrogen) atoms. The third-order valence-electron chi connectivity index (χ3n) is 3.92. The van der Waals surface area contributed by atoms with Crippen molar-refractivity contribution in [2.75, 3.05) is 13.6 Å². The maximum Gasteiger partial charge on any atom is 0.149 e. The van der Waals surface area contributed by atoms with Gasteiger partial charge in [-0.1, -0.05) is 32.6 Å². The van der Waals surface area contributed by atoms with Crippen molar-refractivity contribution in [1.29, 1.82) is 0 Å². The predicted octanol–water partition coefficient (Wildman–Crippen LogP) is 3.26. The van der Waals surface area contributed by atoms with E-state index in [0.29, 0.717) is 24.3 Å². The minimum absolute atomic E-state index is 0.366. The Hall–Kier alpha value is -0.370. The quantitative estimate of drug-likeness (QED) is 0.691. The minimum atomic E-state index is 0.366. The minimum Gasteiger partial charge on any atom is -0.298 e. The third-order valence-corrected chi connectivity index (χ3v) is 3.92. The number of carbonyl (C=O) groups is 1. The van der Waals surface area contributed by atoms with E-state index < -0.39 is 0 Å². The van der Waals surface area contributed by atoms with Crippen LogP contribution in [-0.2, 0) is 4.79 Å². The van der Waals surface area contributed by atoms with E-state index in [1.807, 2.05) is 0 Å². The Balaban J connectivity index is 2.31. The van der Waals surface area contributed by atoms with Crippen LogP contribution in [0.1, 0.15) is 58.8 Å². The van der Waals surface area contributed by atoms with Crippen LogP contribution in [0.4, 0.5) is 0 Å². The number of hydrogen-bond acceptors (Lipinski definition) is 2. The van der Waals surface area contributed by atoms with Gasteiger partial charge in [0.05, 0.1) is 6.54 Å². The summed E-state index contributed by atoms with van der Waals surface area (Å²) in [5, 5.41) is 0. The molecule has 94 valence electrons. The molecule has 0 aromatic rings. The van der Waals surface area contributed by atoms with E-state index in [1.165, 1.54) is 32.1 Å². The van der Waals surface area contributed by atoms with E-state index >= 15 is 0 Å². The van der Waals surface area contributed by atoms with Gasteiger partial charge in [0.2, 0.25) is 0 Å². The van der Waals surface area contributed by atoms with Crippen molar-refractivity contribution in [3.8, 4) is 0 Å². The molecule has 1 saturated carbocycles. The summed E-state index contributed by atoms with van der Waals surface area (Å²) >= 11 is 0. The van der Waals surface area contributed by atoms with Gasteiger partial charge in [0.15, 0.2) is 0 Å². The normalized spacial score (nSPS) is 20.0. The van der Waals surface area contributed by atoms with Crippen LogP contribution in [0.5, 0.6) is 0 Å². The van der Waals surface area contributed by atoms with Gasteiger partial charge in [-0.3, -0.25) is 9.69 Å². The zero-order valence-corrected chi connectivity index (χ0v) is 11.2. The Bertz CT molecular complexity index is 209. The maximum atomic E-state index is 12.1. The molecule has 1 rings (SSSR count). The van der Waals surface area contributed by atoms with E-state index in [4.69, 9.17) is 0 Å². The first-order chi connectivity index (χ1) is 7.65. The predicted molar refractivity (Wildman–Crippen MR) is 68.6 cm³/mol. The largest absolute Gasteiger partial charge is 0.298 e. The molecule has 0 heterocycles. The Morgan fingerprint density at radius 3 is 2.50 bits per heavy atom. The van der Waals surface area contributed by atoms with Gasteiger partial charge in [-0.2, -0.15) is 0 Å². The Kier molecular flexibility index (Phi) is 6.04. The number of Topliss-reactive ketones (excluding diaryl/α,β-unsaturated/α-hetero) is 1. The van der Waals surface area contributed by atoms with Gasteiger partial charge < -0.3 is 0 Å². The summed E-state index contributed by atoms with van der Waals surface area (Å²) < 4.78 is 0. The van der Waals surface area contributed by atoms with E-state index in [2.05, 4.69) is 25.8 Å². The fourth-order valence-corrected chi connectivity index (χ4v) is 2.59. The highest BCUT2D eigenvalue weighted by Crippen LogP contribution is 2.24. The molecule has 0 saturated heterocycles. The molecule has 1 fully saturated rings. The lowest BCUT2D eigenvalue weighted by Crippen LogP contribution is -2.36. The number of rotatable bonds is 6.